The minimum absolute atomic E-state index is 0.0440. The zero-order valence-corrected chi connectivity index (χ0v) is 17.8. The van der Waals surface area contributed by atoms with Crippen molar-refractivity contribution in [2.24, 2.45) is 4.99 Å². The fourth-order valence-corrected chi connectivity index (χ4v) is 3.06. The van der Waals surface area contributed by atoms with Crippen molar-refractivity contribution in [2.75, 3.05) is 20.4 Å². The molecule has 1 heterocycles. The summed E-state index contributed by atoms with van der Waals surface area (Å²) in [4.78, 5) is 16.6. The number of rotatable bonds is 8. The van der Waals surface area contributed by atoms with E-state index in [1.165, 1.54) is 5.56 Å². The van der Waals surface area contributed by atoms with E-state index in [1.54, 1.807) is 7.05 Å². The molecule has 1 unspecified atom stereocenters. The topological polar surface area (TPSA) is 84.0 Å². The smallest absolute Gasteiger partial charge is 0.251 e. The first-order valence-corrected chi connectivity index (χ1v) is 10.3. The first-order chi connectivity index (χ1) is 14.6. The minimum atomic E-state index is -0.0440. The van der Waals surface area contributed by atoms with Gasteiger partial charge in [-0.3, -0.25) is 9.79 Å². The summed E-state index contributed by atoms with van der Waals surface area (Å²) in [6, 6.07) is 13.8. The zero-order valence-electron chi connectivity index (χ0n) is 17.8. The van der Waals surface area contributed by atoms with E-state index >= 15 is 0 Å². The number of hydrogen-bond donors (Lipinski definition) is 3. The van der Waals surface area contributed by atoms with Crippen LogP contribution in [0, 0.1) is 0 Å². The summed E-state index contributed by atoms with van der Waals surface area (Å²) in [5.41, 5.74) is 2.85. The van der Waals surface area contributed by atoms with Crippen LogP contribution in [-0.4, -0.2) is 38.3 Å². The fourth-order valence-electron chi connectivity index (χ4n) is 3.06. The number of carbonyl (C=O) groups excluding carboxylic acids is 1. The molecule has 3 rings (SSSR count). The van der Waals surface area contributed by atoms with Crippen molar-refractivity contribution in [3.63, 3.8) is 0 Å². The largest absolute Gasteiger partial charge is 0.454 e. The Hall–Kier alpha value is -3.22. The number of carbonyl (C=O) groups is 1. The molecule has 0 saturated carbocycles. The van der Waals surface area contributed by atoms with Gasteiger partial charge in [-0.2, -0.15) is 0 Å². The number of amides is 1. The van der Waals surface area contributed by atoms with E-state index in [-0.39, 0.29) is 18.7 Å². The van der Waals surface area contributed by atoms with E-state index in [2.05, 4.69) is 27.9 Å². The quantitative estimate of drug-likeness (QED) is 0.460. The Kier molecular flexibility index (Phi) is 7.54. The predicted octanol–water partition coefficient (Wildman–Crippen LogP) is 2.85. The van der Waals surface area contributed by atoms with Crippen molar-refractivity contribution in [3.05, 3.63) is 59.2 Å². The zero-order chi connectivity index (χ0) is 21.3. The number of ether oxygens (including phenoxy) is 2. The molecule has 1 atom stereocenters. The molecule has 2 aromatic rings. The van der Waals surface area contributed by atoms with E-state index in [0.29, 0.717) is 18.1 Å². The molecule has 7 heteroatoms. The Morgan fingerprint density at radius 2 is 1.93 bits per heavy atom. The van der Waals surface area contributed by atoms with E-state index in [4.69, 9.17) is 9.47 Å². The van der Waals surface area contributed by atoms with Gasteiger partial charge in [0.25, 0.3) is 5.91 Å². The van der Waals surface area contributed by atoms with Crippen molar-refractivity contribution < 1.29 is 14.3 Å². The highest BCUT2D eigenvalue weighted by Gasteiger charge is 2.13. The van der Waals surface area contributed by atoms with Crippen LogP contribution in [0.15, 0.2) is 47.5 Å². The van der Waals surface area contributed by atoms with Crippen LogP contribution in [0.5, 0.6) is 11.5 Å². The second-order valence-corrected chi connectivity index (χ2v) is 7.27. The Morgan fingerprint density at radius 1 is 1.10 bits per heavy atom. The van der Waals surface area contributed by atoms with Crippen LogP contribution in [0.25, 0.3) is 0 Å². The van der Waals surface area contributed by atoms with E-state index in [0.717, 1.165) is 36.4 Å². The molecule has 3 N–H and O–H groups in total. The number of hydrogen-bond acceptors (Lipinski definition) is 4. The standard InChI is InChI=1S/C23H30N4O3/c1-4-16(2)27-22(28)19-7-5-6-18(12-19)14-26-23(24-3)25-11-10-17-8-9-20-21(13-17)30-15-29-20/h5-9,12-13,16H,4,10-11,14-15H2,1-3H3,(H,27,28)(H2,24,25,26). The molecule has 0 fully saturated rings. The van der Waals surface area contributed by atoms with Crippen molar-refractivity contribution in [3.8, 4) is 11.5 Å². The van der Waals surface area contributed by atoms with Crippen molar-refractivity contribution >= 4 is 11.9 Å². The summed E-state index contributed by atoms with van der Waals surface area (Å²) in [7, 11) is 1.74. The lowest BCUT2D eigenvalue weighted by atomic mass is 10.1. The summed E-state index contributed by atoms with van der Waals surface area (Å²) in [6.45, 7) is 5.65. The number of nitrogens with one attached hydrogen (secondary N) is 3. The van der Waals surface area contributed by atoms with Gasteiger partial charge in [0.15, 0.2) is 17.5 Å². The molecule has 0 aliphatic carbocycles. The van der Waals surface area contributed by atoms with Crippen molar-refractivity contribution in [2.45, 2.75) is 39.3 Å². The predicted molar refractivity (Wildman–Crippen MR) is 118 cm³/mol. The number of benzene rings is 2. The molecule has 0 radical (unpaired) electrons. The molecule has 0 spiro atoms. The highest BCUT2D eigenvalue weighted by atomic mass is 16.7. The van der Waals surface area contributed by atoms with Gasteiger partial charge in [-0.25, -0.2) is 0 Å². The normalized spacial score (nSPS) is 13.6. The lowest BCUT2D eigenvalue weighted by molar-refractivity contribution is 0.0939. The summed E-state index contributed by atoms with van der Waals surface area (Å²) >= 11 is 0. The maximum Gasteiger partial charge on any atom is 0.251 e. The molecule has 0 bridgehead atoms. The maximum absolute atomic E-state index is 12.3. The van der Waals surface area contributed by atoms with Crippen LogP contribution in [0.3, 0.4) is 0 Å². The van der Waals surface area contributed by atoms with Crippen molar-refractivity contribution in [1.29, 1.82) is 0 Å². The van der Waals surface area contributed by atoms with Gasteiger partial charge < -0.3 is 25.4 Å². The van der Waals surface area contributed by atoms with Crippen LogP contribution < -0.4 is 25.4 Å². The first-order valence-electron chi connectivity index (χ1n) is 10.3. The minimum Gasteiger partial charge on any atom is -0.454 e. The summed E-state index contributed by atoms with van der Waals surface area (Å²) in [5, 5.41) is 9.60. The Morgan fingerprint density at radius 3 is 2.73 bits per heavy atom. The van der Waals surface area contributed by atoms with Gasteiger partial charge >= 0.3 is 0 Å². The van der Waals surface area contributed by atoms with Crippen LogP contribution in [0.1, 0.15) is 41.8 Å². The van der Waals surface area contributed by atoms with Crippen LogP contribution in [0.2, 0.25) is 0 Å². The molecule has 1 aliphatic heterocycles. The highest BCUT2D eigenvalue weighted by Crippen LogP contribution is 2.32. The van der Waals surface area contributed by atoms with Gasteiger partial charge in [-0.05, 0) is 55.2 Å². The third-order valence-corrected chi connectivity index (χ3v) is 5.01. The van der Waals surface area contributed by atoms with Gasteiger partial charge in [0, 0.05) is 31.7 Å². The number of fused-ring (bicyclic) bond motifs is 1. The average Bonchev–Trinajstić information content (AvgIpc) is 3.24. The number of aliphatic imine (C=N–C) groups is 1. The fraction of sp³-hybridized carbons (Fsp3) is 0.391. The van der Waals surface area contributed by atoms with Crippen LogP contribution in [0.4, 0.5) is 0 Å². The van der Waals surface area contributed by atoms with Crippen molar-refractivity contribution in [1.82, 2.24) is 16.0 Å². The summed E-state index contributed by atoms with van der Waals surface area (Å²) in [6.07, 6.45) is 1.74. The highest BCUT2D eigenvalue weighted by molar-refractivity contribution is 5.94. The Labute approximate surface area is 177 Å². The van der Waals surface area contributed by atoms with E-state index in [1.807, 2.05) is 49.4 Å². The molecule has 0 saturated heterocycles. The lowest BCUT2D eigenvalue weighted by Gasteiger charge is -2.14. The molecular weight excluding hydrogens is 380 g/mol. The van der Waals surface area contributed by atoms with Gasteiger partial charge in [0.1, 0.15) is 0 Å². The Balaban J connectivity index is 1.47. The van der Waals surface area contributed by atoms with Gasteiger partial charge in [-0.15, -0.1) is 0 Å². The molecule has 2 aromatic carbocycles. The van der Waals surface area contributed by atoms with Gasteiger partial charge in [0.05, 0.1) is 0 Å². The van der Waals surface area contributed by atoms with E-state index in [9.17, 15) is 4.79 Å². The molecule has 1 aliphatic rings. The maximum atomic E-state index is 12.3. The second kappa shape index (κ2) is 10.5. The molecule has 1 amide bonds. The number of nitrogens with zero attached hydrogens (tertiary/aromatic N) is 1. The number of guanidine groups is 1. The molecule has 160 valence electrons. The van der Waals surface area contributed by atoms with E-state index < -0.39 is 0 Å². The van der Waals surface area contributed by atoms with Crippen LogP contribution in [-0.2, 0) is 13.0 Å². The first kappa shape index (κ1) is 21.5. The third kappa shape index (κ3) is 5.89. The van der Waals surface area contributed by atoms with Crippen LogP contribution >= 0.6 is 0 Å². The Bertz CT molecular complexity index is 898. The third-order valence-electron chi connectivity index (χ3n) is 5.01. The molecule has 7 nitrogen and oxygen atoms in total. The van der Waals surface area contributed by atoms with Gasteiger partial charge in [0.2, 0.25) is 6.79 Å². The average molecular weight is 411 g/mol. The lowest BCUT2D eigenvalue weighted by Crippen LogP contribution is -2.38. The molecule has 0 aromatic heterocycles. The molecular formula is C23H30N4O3. The molecule has 30 heavy (non-hydrogen) atoms. The SMILES string of the molecule is CCC(C)NC(=O)c1cccc(CNC(=NC)NCCc2ccc3c(c2)OCO3)c1. The summed E-state index contributed by atoms with van der Waals surface area (Å²) < 4.78 is 10.8. The monoisotopic (exact) mass is 410 g/mol. The summed E-state index contributed by atoms with van der Waals surface area (Å²) in [5.74, 6) is 2.26. The van der Waals surface area contributed by atoms with Gasteiger partial charge in [-0.1, -0.05) is 25.1 Å². The second-order valence-electron chi connectivity index (χ2n) is 7.27.